The highest BCUT2D eigenvalue weighted by atomic mass is 16.5. The van der Waals surface area contributed by atoms with Gasteiger partial charge in [0.25, 0.3) is 0 Å². The Labute approximate surface area is 195 Å². The molecular formula is C23H41NO9. The number of carbonyl (C=O) groups is 3. The van der Waals surface area contributed by atoms with Crippen LogP contribution in [0, 0.1) is 5.92 Å². The van der Waals surface area contributed by atoms with Crippen LogP contribution in [0.4, 0.5) is 0 Å². The number of likely N-dealkylation sites (tertiary alicyclic amines) is 1. The van der Waals surface area contributed by atoms with Gasteiger partial charge in [0.05, 0.1) is 12.7 Å². The first kappa shape index (κ1) is 29.3. The zero-order valence-corrected chi connectivity index (χ0v) is 20.2. The van der Waals surface area contributed by atoms with E-state index < -0.39 is 36.2 Å². The first-order valence-electron chi connectivity index (χ1n) is 11.6. The van der Waals surface area contributed by atoms with Gasteiger partial charge in [0.15, 0.2) is 12.2 Å². The van der Waals surface area contributed by atoms with E-state index in [9.17, 15) is 29.7 Å². The highest BCUT2D eigenvalue weighted by Crippen LogP contribution is 2.43. The maximum atomic E-state index is 11.4. The summed E-state index contributed by atoms with van der Waals surface area (Å²) in [6.07, 6.45) is -0.416. The van der Waals surface area contributed by atoms with Crippen molar-refractivity contribution in [2.45, 2.75) is 108 Å². The van der Waals surface area contributed by atoms with Gasteiger partial charge in [0, 0.05) is 24.0 Å². The molecule has 0 bridgehead atoms. The molecule has 0 aromatic rings. The van der Waals surface area contributed by atoms with E-state index in [1.807, 2.05) is 0 Å². The highest BCUT2D eigenvalue weighted by molar-refractivity contribution is 5.83. The molecule has 0 aromatic heterocycles. The van der Waals surface area contributed by atoms with Gasteiger partial charge in [-0.05, 0) is 65.7 Å². The Bertz CT molecular complexity index is 664. The molecule has 0 amide bonds. The van der Waals surface area contributed by atoms with E-state index in [0.29, 0.717) is 25.3 Å². The van der Waals surface area contributed by atoms with Crippen LogP contribution in [0.25, 0.3) is 0 Å². The molecule has 4 atom stereocenters. The number of β-amino-alcohol motifs (C(OH)–C–C–N with tert-alkyl or cyclic N) is 1. The van der Waals surface area contributed by atoms with E-state index in [4.69, 9.17) is 14.9 Å². The summed E-state index contributed by atoms with van der Waals surface area (Å²) in [5.74, 6) is -3.99. The molecule has 10 nitrogen and oxygen atoms in total. The topological polar surface area (TPSA) is 165 Å². The molecular weight excluding hydrogens is 434 g/mol. The molecule has 1 aliphatic rings. The third-order valence-corrected chi connectivity index (χ3v) is 6.98. The summed E-state index contributed by atoms with van der Waals surface area (Å²) in [6.45, 7) is 9.46. The molecule has 10 heteroatoms. The second kappa shape index (κ2) is 12.6. The number of rotatable bonds is 15. The van der Waals surface area contributed by atoms with Crippen LogP contribution in [0.15, 0.2) is 0 Å². The predicted octanol–water partition coefficient (Wildman–Crippen LogP) is 1.96. The Morgan fingerprint density at radius 3 is 2.18 bits per heavy atom. The minimum absolute atomic E-state index is 0.00464. The third kappa shape index (κ3) is 8.51. The van der Waals surface area contributed by atoms with Gasteiger partial charge in [-0.25, -0.2) is 9.59 Å². The highest BCUT2D eigenvalue weighted by Gasteiger charge is 2.46. The summed E-state index contributed by atoms with van der Waals surface area (Å²) < 4.78 is 5.37. The van der Waals surface area contributed by atoms with Crippen molar-refractivity contribution < 1.29 is 44.7 Å². The minimum Gasteiger partial charge on any atom is -0.481 e. The molecule has 0 saturated carbocycles. The molecule has 1 fully saturated rings. The quantitative estimate of drug-likeness (QED) is 0.221. The summed E-state index contributed by atoms with van der Waals surface area (Å²) in [5, 5.41) is 46.3. The number of carboxylic acid groups (broad SMARTS) is 3. The van der Waals surface area contributed by atoms with Crippen LogP contribution < -0.4 is 0 Å². The Morgan fingerprint density at radius 1 is 1.03 bits per heavy atom. The van der Waals surface area contributed by atoms with Crippen LogP contribution in [-0.4, -0.2) is 90.9 Å². The first-order valence-corrected chi connectivity index (χ1v) is 11.6. The normalized spacial score (nSPS) is 22.9. The van der Waals surface area contributed by atoms with E-state index >= 15 is 0 Å². The lowest BCUT2D eigenvalue weighted by Gasteiger charge is -2.57. The number of hydrogen-bond donors (Lipinski definition) is 5. The molecule has 4 unspecified atom stereocenters. The summed E-state index contributed by atoms with van der Waals surface area (Å²) in [6, 6.07) is 0. The van der Waals surface area contributed by atoms with Gasteiger partial charge < -0.3 is 30.3 Å². The zero-order valence-electron chi connectivity index (χ0n) is 20.2. The maximum Gasteiger partial charge on any atom is 0.336 e. The second-order valence-electron chi connectivity index (χ2n) is 10.1. The maximum absolute atomic E-state index is 11.4. The van der Waals surface area contributed by atoms with Gasteiger partial charge in [-0.3, -0.25) is 9.69 Å². The van der Waals surface area contributed by atoms with Crippen LogP contribution >= 0.6 is 0 Å². The standard InChI is InChI=1S/C23H41NO9/c1-22(2)12-11-15(23(3,4)24(22)13-14-25)7-5-6-8-16(9-10-17(26)27)33-19(21(31)32)18(28)20(29)30/h15-16,18-19,25,28H,5-14H2,1-4H3,(H,26,27)(H,29,30)(H,31,32). The molecule has 1 aliphatic heterocycles. The van der Waals surface area contributed by atoms with E-state index in [1.54, 1.807) is 0 Å². The van der Waals surface area contributed by atoms with Crippen LogP contribution in [-0.2, 0) is 19.1 Å². The number of carboxylic acids is 3. The van der Waals surface area contributed by atoms with E-state index in [0.717, 1.165) is 25.7 Å². The van der Waals surface area contributed by atoms with Crippen molar-refractivity contribution in [3.05, 3.63) is 0 Å². The molecule has 1 rings (SSSR count). The summed E-state index contributed by atoms with van der Waals surface area (Å²) in [4.78, 5) is 35.7. The number of aliphatic hydroxyl groups excluding tert-OH is 2. The van der Waals surface area contributed by atoms with Gasteiger partial charge in [0.1, 0.15) is 0 Å². The average Bonchev–Trinajstić information content (AvgIpc) is 2.70. The Balaban J connectivity index is 2.73. The number of nitrogens with zero attached hydrogens (tertiary/aromatic N) is 1. The van der Waals surface area contributed by atoms with Crippen molar-refractivity contribution in [2.24, 2.45) is 5.92 Å². The zero-order chi connectivity index (χ0) is 25.4. The molecule has 0 aromatic carbocycles. The summed E-state index contributed by atoms with van der Waals surface area (Å²) in [7, 11) is 0. The van der Waals surface area contributed by atoms with Gasteiger partial charge in [-0.1, -0.05) is 12.8 Å². The Morgan fingerprint density at radius 2 is 1.67 bits per heavy atom. The fourth-order valence-corrected chi connectivity index (χ4v) is 5.14. The number of hydrogen-bond acceptors (Lipinski definition) is 7. The van der Waals surface area contributed by atoms with Crippen molar-refractivity contribution in [2.75, 3.05) is 13.2 Å². The lowest BCUT2D eigenvalue weighted by Crippen LogP contribution is -2.63. The average molecular weight is 476 g/mol. The number of aliphatic hydroxyl groups is 2. The fraction of sp³-hybridized carbons (Fsp3) is 0.870. The van der Waals surface area contributed by atoms with Gasteiger partial charge >= 0.3 is 17.9 Å². The Kier molecular flexibility index (Phi) is 11.2. The number of unbranched alkanes of at least 4 members (excludes halogenated alkanes) is 1. The lowest BCUT2D eigenvalue weighted by atomic mass is 9.70. The van der Waals surface area contributed by atoms with Gasteiger partial charge in [-0.2, -0.15) is 0 Å². The molecule has 5 N–H and O–H groups in total. The van der Waals surface area contributed by atoms with Gasteiger partial charge in [0.2, 0.25) is 0 Å². The molecule has 1 saturated heterocycles. The molecule has 0 radical (unpaired) electrons. The first-order chi connectivity index (χ1) is 15.2. The Hall–Kier alpha value is -1.75. The van der Waals surface area contributed by atoms with Crippen molar-refractivity contribution in [1.29, 1.82) is 0 Å². The summed E-state index contributed by atoms with van der Waals surface area (Å²) in [5.41, 5.74) is -0.112. The van der Waals surface area contributed by atoms with Crippen molar-refractivity contribution in [1.82, 2.24) is 4.90 Å². The monoisotopic (exact) mass is 475 g/mol. The minimum atomic E-state index is -2.24. The van der Waals surface area contributed by atoms with E-state index in [-0.39, 0.29) is 30.5 Å². The SMILES string of the molecule is CC1(C)CCC(CCCCC(CCC(=O)O)OC(C(=O)O)C(O)C(=O)O)C(C)(C)N1CCO. The number of ether oxygens (including phenoxy) is 1. The third-order valence-electron chi connectivity index (χ3n) is 6.98. The van der Waals surface area contributed by atoms with Crippen LogP contribution in [0.2, 0.25) is 0 Å². The van der Waals surface area contributed by atoms with E-state index in [1.165, 1.54) is 0 Å². The molecule has 33 heavy (non-hydrogen) atoms. The predicted molar refractivity (Wildman–Crippen MR) is 120 cm³/mol. The second-order valence-corrected chi connectivity index (χ2v) is 10.1. The summed E-state index contributed by atoms with van der Waals surface area (Å²) >= 11 is 0. The van der Waals surface area contributed by atoms with Crippen LogP contribution in [0.1, 0.15) is 79.1 Å². The molecule has 1 heterocycles. The lowest BCUT2D eigenvalue weighted by molar-refractivity contribution is -0.177. The largest absolute Gasteiger partial charge is 0.481 e. The van der Waals surface area contributed by atoms with Crippen LogP contribution in [0.3, 0.4) is 0 Å². The van der Waals surface area contributed by atoms with Gasteiger partial charge in [-0.15, -0.1) is 0 Å². The molecule has 192 valence electrons. The van der Waals surface area contributed by atoms with Crippen LogP contribution in [0.5, 0.6) is 0 Å². The number of aliphatic carboxylic acids is 3. The van der Waals surface area contributed by atoms with Crippen molar-refractivity contribution in [3.8, 4) is 0 Å². The van der Waals surface area contributed by atoms with E-state index in [2.05, 4.69) is 32.6 Å². The smallest absolute Gasteiger partial charge is 0.336 e. The van der Waals surface area contributed by atoms with Crippen molar-refractivity contribution >= 4 is 17.9 Å². The molecule has 0 spiro atoms. The molecule has 0 aliphatic carbocycles. The fourth-order valence-electron chi connectivity index (χ4n) is 5.14. The van der Waals surface area contributed by atoms with Crippen molar-refractivity contribution in [3.63, 3.8) is 0 Å². The number of piperidine rings is 1.